The van der Waals surface area contributed by atoms with Gasteiger partial charge in [0.2, 0.25) is 15.9 Å². The minimum Gasteiger partial charge on any atom is -0.325 e. The van der Waals surface area contributed by atoms with Crippen LogP contribution in [0.4, 0.5) is 11.4 Å². The van der Waals surface area contributed by atoms with E-state index in [0.29, 0.717) is 16.9 Å². The molecule has 0 aliphatic carbocycles. The Labute approximate surface area is 160 Å². The third kappa shape index (κ3) is 5.31. The number of hydrogen-bond donors (Lipinski definition) is 1. The Kier molecular flexibility index (Phi) is 5.91. The zero-order chi connectivity index (χ0) is 20.2. The number of carbonyl (C=O) groups is 1. The number of anilines is 2. The lowest BCUT2D eigenvalue weighted by Crippen LogP contribution is -2.38. The molecule has 0 saturated heterocycles. The number of nitrogens with zero attached hydrogens (tertiary/aromatic N) is 2. The standard InChI is InChI=1S/C20H23N3O3S/c1-20(2,3)17-7-5-6-8-18(17)23(27(4,25)26)14-19(24)22-16-11-9-15(13-21)10-12-16/h5-12H,14H2,1-4H3,(H,22,24). The van der Waals surface area contributed by atoms with Gasteiger partial charge in [-0.15, -0.1) is 0 Å². The smallest absolute Gasteiger partial charge is 0.245 e. The predicted octanol–water partition coefficient (Wildman–Crippen LogP) is 3.26. The second-order valence-corrected chi connectivity index (χ2v) is 9.18. The molecule has 6 nitrogen and oxygen atoms in total. The van der Waals surface area contributed by atoms with Crippen LogP contribution in [0.3, 0.4) is 0 Å². The van der Waals surface area contributed by atoms with Crippen LogP contribution in [-0.4, -0.2) is 27.1 Å². The number of sulfonamides is 1. The maximum Gasteiger partial charge on any atom is 0.245 e. The number of para-hydroxylation sites is 1. The summed E-state index contributed by atoms with van der Waals surface area (Å²) in [7, 11) is -3.67. The van der Waals surface area contributed by atoms with Crippen molar-refractivity contribution in [2.45, 2.75) is 26.2 Å². The summed E-state index contributed by atoms with van der Waals surface area (Å²) in [5.74, 6) is -0.464. The number of hydrogen-bond acceptors (Lipinski definition) is 4. The molecule has 27 heavy (non-hydrogen) atoms. The fourth-order valence-corrected chi connectivity index (χ4v) is 3.53. The zero-order valence-electron chi connectivity index (χ0n) is 15.9. The number of amides is 1. The van der Waals surface area contributed by atoms with Crippen molar-refractivity contribution in [3.63, 3.8) is 0 Å². The molecule has 142 valence electrons. The van der Waals surface area contributed by atoms with Gasteiger partial charge in [0.1, 0.15) is 6.54 Å². The summed E-state index contributed by atoms with van der Waals surface area (Å²) in [5, 5.41) is 11.5. The molecule has 2 aromatic rings. The van der Waals surface area contributed by atoms with Crippen molar-refractivity contribution in [2.24, 2.45) is 0 Å². The highest BCUT2D eigenvalue weighted by molar-refractivity contribution is 7.92. The molecule has 0 aliphatic heterocycles. The molecule has 0 unspecified atom stereocenters. The average Bonchev–Trinajstić information content (AvgIpc) is 2.58. The number of nitrogens with one attached hydrogen (secondary N) is 1. The van der Waals surface area contributed by atoms with Crippen molar-refractivity contribution >= 4 is 27.3 Å². The van der Waals surface area contributed by atoms with Crippen molar-refractivity contribution < 1.29 is 13.2 Å². The Morgan fingerprint density at radius 3 is 2.22 bits per heavy atom. The lowest BCUT2D eigenvalue weighted by Gasteiger charge is -2.29. The van der Waals surface area contributed by atoms with Crippen molar-refractivity contribution in [1.29, 1.82) is 5.26 Å². The van der Waals surface area contributed by atoms with Gasteiger partial charge in [-0.2, -0.15) is 5.26 Å². The van der Waals surface area contributed by atoms with Crippen LogP contribution in [0.5, 0.6) is 0 Å². The molecule has 0 aliphatic rings. The highest BCUT2D eigenvalue weighted by atomic mass is 32.2. The second-order valence-electron chi connectivity index (χ2n) is 7.27. The molecule has 2 aromatic carbocycles. The average molecular weight is 385 g/mol. The van der Waals surface area contributed by atoms with Gasteiger partial charge in [0, 0.05) is 5.69 Å². The SMILES string of the molecule is CC(C)(C)c1ccccc1N(CC(=O)Nc1ccc(C#N)cc1)S(C)(=O)=O. The van der Waals surface area contributed by atoms with Crippen LogP contribution in [0, 0.1) is 11.3 Å². The lowest BCUT2D eigenvalue weighted by molar-refractivity contribution is -0.114. The van der Waals surface area contributed by atoms with E-state index in [0.717, 1.165) is 16.1 Å². The van der Waals surface area contributed by atoms with Gasteiger partial charge in [-0.25, -0.2) is 8.42 Å². The summed E-state index contributed by atoms with van der Waals surface area (Å²) in [6.45, 7) is 5.63. The molecule has 0 saturated carbocycles. The second kappa shape index (κ2) is 7.80. The van der Waals surface area contributed by atoms with Crippen molar-refractivity contribution in [3.05, 3.63) is 59.7 Å². The van der Waals surface area contributed by atoms with Crippen LogP contribution in [0.1, 0.15) is 31.9 Å². The van der Waals surface area contributed by atoms with Crippen LogP contribution < -0.4 is 9.62 Å². The maximum atomic E-state index is 12.5. The Morgan fingerprint density at radius 1 is 1.11 bits per heavy atom. The Bertz CT molecular complexity index is 969. The van der Waals surface area contributed by atoms with Gasteiger partial charge in [0.15, 0.2) is 0 Å². The molecule has 7 heteroatoms. The quantitative estimate of drug-likeness (QED) is 0.855. The van der Waals surface area contributed by atoms with Crippen LogP contribution in [0.25, 0.3) is 0 Å². The summed E-state index contributed by atoms with van der Waals surface area (Å²) in [4.78, 5) is 12.5. The van der Waals surface area contributed by atoms with E-state index in [-0.39, 0.29) is 12.0 Å². The topological polar surface area (TPSA) is 90.3 Å². The van der Waals surface area contributed by atoms with Crippen molar-refractivity contribution in [3.8, 4) is 6.07 Å². The third-order valence-corrected chi connectivity index (χ3v) is 5.09. The molecule has 1 N–H and O–H groups in total. The summed E-state index contributed by atoms with van der Waals surface area (Å²) in [6.07, 6.45) is 1.08. The van der Waals surface area contributed by atoms with Gasteiger partial charge in [0.05, 0.1) is 23.6 Å². The van der Waals surface area contributed by atoms with E-state index >= 15 is 0 Å². The molecule has 0 radical (unpaired) electrons. The van der Waals surface area contributed by atoms with E-state index in [9.17, 15) is 13.2 Å². The van der Waals surface area contributed by atoms with Gasteiger partial charge in [-0.3, -0.25) is 9.10 Å². The summed E-state index contributed by atoms with van der Waals surface area (Å²) >= 11 is 0. The fraction of sp³-hybridized carbons (Fsp3) is 0.300. The summed E-state index contributed by atoms with van der Waals surface area (Å²) in [6, 6.07) is 15.5. The molecule has 0 fully saturated rings. The largest absolute Gasteiger partial charge is 0.325 e. The number of nitriles is 1. The summed E-state index contributed by atoms with van der Waals surface area (Å²) in [5.41, 5.74) is 2.01. The van der Waals surface area contributed by atoms with Crippen molar-refractivity contribution in [1.82, 2.24) is 0 Å². The van der Waals surface area contributed by atoms with Crippen molar-refractivity contribution in [2.75, 3.05) is 22.4 Å². The molecule has 0 aromatic heterocycles. The molecule has 0 heterocycles. The van der Waals surface area contributed by atoms with Crippen LogP contribution in [0.15, 0.2) is 48.5 Å². The Morgan fingerprint density at radius 2 is 1.70 bits per heavy atom. The summed E-state index contributed by atoms with van der Waals surface area (Å²) < 4.78 is 25.9. The van der Waals surface area contributed by atoms with E-state index in [1.807, 2.05) is 39.0 Å². The first-order valence-electron chi connectivity index (χ1n) is 8.39. The van der Waals surface area contributed by atoms with Gasteiger partial charge in [-0.05, 0) is 41.3 Å². The van der Waals surface area contributed by atoms with E-state index in [1.54, 1.807) is 36.4 Å². The van der Waals surface area contributed by atoms with E-state index in [1.165, 1.54) is 0 Å². The monoisotopic (exact) mass is 385 g/mol. The molecule has 0 bridgehead atoms. The Balaban J connectivity index is 2.31. The molecule has 2 rings (SSSR count). The highest BCUT2D eigenvalue weighted by Crippen LogP contribution is 2.33. The first-order valence-corrected chi connectivity index (χ1v) is 10.2. The maximum absolute atomic E-state index is 12.5. The third-order valence-electron chi connectivity index (χ3n) is 3.97. The van der Waals surface area contributed by atoms with Gasteiger partial charge in [0.25, 0.3) is 0 Å². The first-order chi connectivity index (χ1) is 12.5. The molecular weight excluding hydrogens is 362 g/mol. The fourth-order valence-electron chi connectivity index (χ4n) is 2.67. The van der Waals surface area contributed by atoms with E-state index < -0.39 is 15.9 Å². The number of carbonyl (C=O) groups excluding carboxylic acids is 1. The molecule has 0 spiro atoms. The first kappa shape index (κ1) is 20.5. The minimum atomic E-state index is -3.67. The van der Waals surface area contributed by atoms with Gasteiger partial charge in [-0.1, -0.05) is 39.0 Å². The highest BCUT2D eigenvalue weighted by Gasteiger charge is 2.27. The van der Waals surface area contributed by atoms with Crippen LogP contribution in [0.2, 0.25) is 0 Å². The number of rotatable bonds is 5. The minimum absolute atomic E-state index is 0.289. The normalized spacial score (nSPS) is 11.5. The lowest BCUT2D eigenvalue weighted by atomic mass is 9.86. The predicted molar refractivity (Wildman–Crippen MR) is 107 cm³/mol. The molecule has 0 atom stereocenters. The van der Waals surface area contributed by atoms with E-state index in [2.05, 4.69) is 5.32 Å². The van der Waals surface area contributed by atoms with Gasteiger partial charge >= 0.3 is 0 Å². The van der Waals surface area contributed by atoms with Crippen LogP contribution in [-0.2, 0) is 20.2 Å². The van der Waals surface area contributed by atoms with Crippen LogP contribution >= 0.6 is 0 Å². The molecule has 1 amide bonds. The van der Waals surface area contributed by atoms with Gasteiger partial charge < -0.3 is 5.32 Å². The van der Waals surface area contributed by atoms with E-state index in [4.69, 9.17) is 5.26 Å². The molecular formula is C20H23N3O3S. The zero-order valence-corrected chi connectivity index (χ0v) is 16.7. The number of benzene rings is 2. The Hall–Kier alpha value is -2.85.